The molecule has 0 aliphatic carbocycles. The van der Waals surface area contributed by atoms with Crippen LogP contribution in [-0.4, -0.2) is 0 Å². The first-order valence-electron chi connectivity index (χ1n) is 21.2. The van der Waals surface area contributed by atoms with E-state index in [9.17, 15) is 0 Å². The van der Waals surface area contributed by atoms with Gasteiger partial charge in [0.05, 0.1) is 0 Å². The molecule has 0 unspecified atom stereocenters. The van der Waals surface area contributed by atoms with Gasteiger partial charge < -0.3 is 23.1 Å². The lowest BCUT2D eigenvalue weighted by molar-refractivity contribution is 0.668. The molecule has 3 heterocycles. The fourth-order valence-electron chi connectivity index (χ4n) is 9.50. The number of hydrogen-bond donors (Lipinski definition) is 0. The van der Waals surface area contributed by atoms with Crippen LogP contribution in [-0.2, 0) is 0 Å². The van der Waals surface area contributed by atoms with Crippen molar-refractivity contribution in [1.82, 2.24) is 0 Å². The lowest BCUT2D eigenvalue weighted by Crippen LogP contribution is -2.13. The normalized spacial score (nSPS) is 11.8. The van der Waals surface area contributed by atoms with Gasteiger partial charge in [0.25, 0.3) is 0 Å². The molecular formula is C58H36N2O3. The van der Waals surface area contributed by atoms with E-state index in [2.05, 4.69) is 192 Å². The number of fused-ring (bicyclic) bond motifs is 11. The molecule has 0 atom stereocenters. The standard InChI is InChI=1S/C58H36N2O3/c1-2-13-40(14-3-1)59(41-15-10-12-38(32-41)39-25-24-37-26-30-56-58(50(37)33-39)49-20-6-9-23-54(49)62-56)42-16-11-17-43(34-42)60(44-28-31-55-51(35-44)47-19-5-8-22-53(47)61-55)45-27-29-48-46-18-4-7-21-52(46)63-57(48)36-45/h1-36H. The summed E-state index contributed by atoms with van der Waals surface area (Å²) in [6.45, 7) is 0. The van der Waals surface area contributed by atoms with E-state index >= 15 is 0 Å². The van der Waals surface area contributed by atoms with E-state index in [0.29, 0.717) is 0 Å². The van der Waals surface area contributed by atoms with Crippen LogP contribution < -0.4 is 9.80 Å². The first kappa shape index (κ1) is 35.2. The minimum absolute atomic E-state index is 0.836. The van der Waals surface area contributed by atoms with E-state index in [1.54, 1.807) is 0 Å². The second kappa shape index (κ2) is 14.0. The average Bonchev–Trinajstić information content (AvgIpc) is 4.03. The lowest BCUT2D eigenvalue weighted by atomic mass is 9.97. The summed E-state index contributed by atoms with van der Waals surface area (Å²) in [5, 5.41) is 8.97. The molecule has 10 aromatic carbocycles. The summed E-state index contributed by atoms with van der Waals surface area (Å²) in [6.07, 6.45) is 0. The summed E-state index contributed by atoms with van der Waals surface area (Å²) in [5.41, 5.74) is 13.6. The Labute approximate surface area is 361 Å². The number of hydrogen-bond acceptors (Lipinski definition) is 5. The highest BCUT2D eigenvalue weighted by Gasteiger charge is 2.21. The van der Waals surface area contributed by atoms with Gasteiger partial charge in [-0.15, -0.1) is 0 Å². The summed E-state index contributed by atoms with van der Waals surface area (Å²) >= 11 is 0. The molecule has 0 fully saturated rings. The maximum Gasteiger partial charge on any atom is 0.137 e. The molecule has 3 aromatic heterocycles. The van der Waals surface area contributed by atoms with Crippen molar-refractivity contribution in [1.29, 1.82) is 0 Å². The summed E-state index contributed by atoms with van der Waals surface area (Å²) in [6, 6.07) is 76.9. The number of anilines is 6. The third-order valence-electron chi connectivity index (χ3n) is 12.4. The number of para-hydroxylation sites is 4. The summed E-state index contributed by atoms with van der Waals surface area (Å²) in [4.78, 5) is 4.65. The van der Waals surface area contributed by atoms with Crippen molar-refractivity contribution in [2.45, 2.75) is 0 Å². The maximum absolute atomic E-state index is 6.46. The van der Waals surface area contributed by atoms with E-state index in [0.717, 1.165) is 111 Å². The molecule has 13 rings (SSSR count). The number of rotatable bonds is 7. The molecule has 0 amide bonds. The molecule has 0 N–H and O–H groups in total. The van der Waals surface area contributed by atoms with Crippen LogP contribution in [0.4, 0.5) is 34.1 Å². The van der Waals surface area contributed by atoms with Gasteiger partial charge in [-0.25, -0.2) is 0 Å². The second-order valence-corrected chi connectivity index (χ2v) is 16.1. The average molecular weight is 809 g/mol. The Balaban J connectivity index is 0.967. The zero-order valence-electron chi connectivity index (χ0n) is 33.9. The van der Waals surface area contributed by atoms with E-state index in [1.807, 2.05) is 36.4 Å². The minimum Gasteiger partial charge on any atom is -0.456 e. The van der Waals surface area contributed by atoms with Gasteiger partial charge in [-0.2, -0.15) is 0 Å². The van der Waals surface area contributed by atoms with E-state index in [4.69, 9.17) is 13.3 Å². The van der Waals surface area contributed by atoms with Crippen molar-refractivity contribution in [3.63, 3.8) is 0 Å². The summed E-state index contributed by atoms with van der Waals surface area (Å²) in [7, 11) is 0. The molecule has 296 valence electrons. The highest BCUT2D eigenvalue weighted by Crippen LogP contribution is 2.44. The monoisotopic (exact) mass is 808 g/mol. The fourth-order valence-corrected chi connectivity index (χ4v) is 9.50. The molecule has 0 aliphatic rings. The minimum atomic E-state index is 0.836. The van der Waals surface area contributed by atoms with Gasteiger partial charge in [-0.3, -0.25) is 0 Å². The van der Waals surface area contributed by atoms with Gasteiger partial charge in [0.2, 0.25) is 0 Å². The molecule has 0 saturated heterocycles. The molecule has 0 spiro atoms. The van der Waals surface area contributed by atoms with Crippen LogP contribution in [0.25, 0.3) is 87.7 Å². The molecule has 5 heteroatoms. The van der Waals surface area contributed by atoms with E-state index in [1.165, 1.54) is 10.8 Å². The Morgan fingerprint density at radius 1 is 0.238 bits per heavy atom. The second-order valence-electron chi connectivity index (χ2n) is 16.1. The third-order valence-corrected chi connectivity index (χ3v) is 12.4. The topological polar surface area (TPSA) is 45.9 Å². The molecule has 0 radical (unpaired) electrons. The number of furan rings is 3. The van der Waals surface area contributed by atoms with Crippen LogP contribution >= 0.6 is 0 Å². The highest BCUT2D eigenvalue weighted by atomic mass is 16.3. The van der Waals surface area contributed by atoms with Crippen LogP contribution in [0.3, 0.4) is 0 Å². The molecule has 0 aliphatic heterocycles. The van der Waals surface area contributed by atoms with Crippen LogP contribution in [0, 0.1) is 0 Å². The van der Waals surface area contributed by atoms with Crippen molar-refractivity contribution in [2.75, 3.05) is 9.80 Å². The number of nitrogens with zero attached hydrogens (tertiary/aromatic N) is 2. The zero-order valence-corrected chi connectivity index (χ0v) is 33.9. The van der Waals surface area contributed by atoms with Crippen molar-refractivity contribution in [3.8, 4) is 11.1 Å². The van der Waals surface area contributed by atoms with Crippen LogP contribution in [0.2, 0.25) is 0 Å². The van der Waals surface area contributed by atoms with Crippen molar-refractivity contribution in [2.24, 2.45) is 0 Å². The Kier molecular flexibility index (Phi) is 7.84. The Morgan fingerprint density at radius 2 is 0.730 bits per heavy atom. The van der Waals surface area contributed by atoms with Crippen molar-refractivity contribution >= 4 is 111 Å². The number of benzene rings is 10. The van der Waals surface area contributed by atoms with Crippen LogP contribution in [0.5, 0.6) is 0 Å². The molecule has 0 bridgehead atoms. The lowest BCUT2D eigenvalue weighted by Gasteiger charge is -2.29. The van der Waals surface area contributed by atoms with Crippen molar-refractivity contribution < 1.29 is 13.3 Å². The van der Waals surface area contributed by atoms with Gasteiger partial charge in [0, 0.05) is 72.5 Å². The van der Waals surface area contributed by atoms with E-state index in [-0.39, 0.29) is 0 Å². The molecule has 13 aromatic rings. The highest BCUT2D eigenvalue weighted by molar-refractivity contribution is 6.19. The molecule has 0 saturated carbocycles. The molecular weight excluding hydrogens is 773 g/mol. The van der Waals surface area contributed by atoms with Crippen LogP contribution in [0.15, 0.2) is 232 Å². The summed E-state index contributed by atoms with van der Waals surface area (Å²) < 4.78 is 19.0. The zero-order chi connectivity index (χ0) is 41.4. The quantitative estimate of drug-likeness (QED) is 0.160. The van der Waals surface area contributed by atoms with Gasteiger partial charge in [0.1, 0.15) is 33.5 Å². The Hall–Kier alpha value is -8.54. The Morgan fingerprint density at radius 3 is 1.52 bits per heavy atom. The van der Waals surface area contributed by atoms with Gasteiger partial charge >= 0.3 is 0 Å². The van der Waals surface area contributed by atoms with Gasteiger partial charge in [-0.1, -0.05) is 109 Å². The van der Waals surface area contributed by atoms with Gasteiger partial charge in [0.15, 0.2) is 0 Å². The maximum atomic E-state index is 6.46. The molecule has 63 heavy (non-hydrogen) atoms. The van der Waals surface area contributed by atoms with Gasteiger partial charge in [-0.05, 0) is 125 Å². The van der Waals surface area contributed by atoms with Crippen LogP contribution in [0.1, 0.15) is 0 Å². The smallest absolute Gasteiger partial charge is 0.137 e. The fraction of sp³-hybridized carbons (Fsp3) is 0. The SMILES string of the molecule is c1ccc(N(c2cccc(-c3ccc4ccc5oc6ccccc6c5c4c3)c2)c2cccc(N(c3ccc4c(c3)oc3ccccc34)c3ccc4oc5ccccc5c4c3)c2)cc1. The Bertz CT molecular complexity index is 3890. The van der Waals surface area contributed by atoms with Crippen molar-refractivity contribution in [3.05, 3.63) is 218 Å². The first-order chi connectivity index (χ1) is 31.2. The first-order valence-corrected chi connectivity index (χ1v) is 21.2. The third kappa shape index (κ3) is 5.78. The summed E-state index contributed by atoms with van der Waals surface area (Å²) in [5.74, 6) is 0. The predicted molar refractivity (Wildman–Crippen MR) is 261 cm³/mol. The largest absolute Gasteiger partial charge is 0.456 e. The predicted octanol–water partition coefficient (Wildman–Crippen LogP) is 17.1. The molecule has 5 nitrogen and oxygen atoms in total. The van der Waals surface area contributed by atoms with E-state index < -0.39 is 0 Å².